The number of anilines is 1. The third-order valence-corrected chi connectivity index (χ3v) is 5.40. The zero-order valence-electron chi connectivity index (χ0n) is 18.0. The van der Waals surface area contributed by atoms with E-state index in [1.807, 2.05) is 0 Å². The number of carbonyl (C=O) groups excluding carboxylic acids is 2. The van der Waals surface area contributed by atoms with Gasteiger partial charge in [-0.3, -0.25) is 10.1 Å². The molecule has 0 atom stereocenters. The van der Waals surface area contributed by atoms with Crippen LogP contribution in [0.5, 0.6) is 0 Å². The van der Waals surface area contributed by atoms with Crippen LogP contribution in [0.1, 0.15) is 33.1 Å². The normalized spacial score (nSPS) is 10.9. The maximum Gasteiger partial charge on any atom is 0.321 e. The maximum atomic E-state index is 13.2. The summed E-state index contributed by atoms with van der Waals surface area (Å²) in [4.78, 5) is 35.2. The number of hydrogen-bond acceptors (Lipinski definition) is 8. The third-order valence-electron chi connectivity index (χ3n) is 4.73. The first kappa shape index (κ1) is 22.3. The Morgan fingerprint density at radius 3 is 2.82 bits per heavy atom. The maximum absolute atomic E-state index is 13.2. The summed E-state index contributed by atoms with van der Waals surface area (Å²) in [6.07, 6.45) is 0. The molecule has 0 saturated heterocycles. The summed E-state index contributed by atoms with van der Waals surface area (Å²) in [6.45, 7) is 3.82. The number of urea groups is 1. The Morgan fingerprint density at radius 2 is 2.03 bits per heavy atom. The monoisotopic (exact) mass is 469 g/mol. The van der Waals surface area contributed by atoms with Crippen LogP contribution in [0.2, 0.25) is 0 Å². The van der Waals surface area contributed by atoms with Gasteiger partial charge in [0.1, 0.15) is 5.82 Å². The average Bonchev–Trinajstić information content (AvgIpc) is 3.37. The fourth-order valence-corrected chi connectivity index (χ4v) is 3.79. The van der Waals surface area contributed by atoms with E-state index in [4.69, 9.17) is 4.52 Å². The number of aryl methyl sites for hydroxylation is 2. The summed E-state index contributed by atoms with van der Waals surface area (Å²) in [5, 5.41) is 9.96. The minimum absolute atomic E-state index is 0.134. The van der Waals surface area contributed by atoms with Gasteiger partial charge in [-0.15, -0.1) is 0 Å². The molecule has 2 N–H and O–H groups in total. The lowest BCUT2D eigenvalue weighted by atomic mass is 10.1. The van der Waals surface area contributed by atoms with Crippen molar-refractivity contribution in [2.24, 2.45) is 0 Å². The van der Waals surface area contributed by atoms with Gasteiger partial charge in [0.15, 0.2) is 5.82 Å². The van der Waals surface area contributed by atoms with Crippen LogP contribution in [-0.4, -0.2) is 43.4 Å². The lowest BCUT2D eigenvalue weighted by Gasteiger charge is -2.16. The topological polar surface area (TPSA) is 126 Å². The first-order valence-electron chi connectivity index (χ1n) is 9.91. The highest BCUT2D eigenvalue weighted by atomic mass is 32.1. The molecule has 0 aliphatic carbocycles. The molecule has 4 rings (SSSR count). The molecule has 3 aromatic heterocycles. The predicted molar refractivity (Wildman–Crippen MR) is 119 cm³/mol. The van der Waals surface area contributed by atoms with Crippen LogP contribution in [0.25, 0.3) is 11.1 Å². The van der Waals surface area contributed by atoms with Crippen LogP contribution in [0.4, 0.5) is 14.3 Å². The van der Waals surface area contributed by atoms with Crippen molar-refractivity contribution in [1.29, 1.82) is 0 Å². The highest BCUT2D eigenvalue weighted by molar-refractivity contribution is 7.09. The van der Waals surface area contributed by atoms with Gasteiger partial charge >= 0.3 is 6.03 Å². The average molecular weight is 470 g/mol. The van der Waals surface area contributed by atoms with Gasteiger partial charge in [0.2, 0.25) is 5.13 Å². The summed E-state index contributed by atoms with van der Waals surface area (Å²) in [5.74, 6) is -0.252. The molecule has 0 spiro atoms. The number of pyridine rings is 1. The van der Waals surface area contributed by atoms with Crippen molar-refractivity contribution in [2.75, 3.05) is 12.4 Å². The molecule has 0 aliphatic rings. The van der Waals surface area contributed by atoms with Crippen LogP contribution in [0.3, 0.4) is 0 Å². The van der Waals surface area contributed by atoms with Gasteiger partial charge < -0.3 is 14.7 Å². The van der Waals surface area contributed by atoms with Crippen LogP contribution >= 0.6 is 11.5 Å². The highest BCUT2D eigenvalue weighted by Crippen LogP contribution is 2.23. The minimum Gasteiger partial charge on any atom is -0.336 e. The van der Waals surface area contributed by atoms with Crippen LogP contribution in [0.15, 0.2) is 34.9 Å². The fourth-order valence-electron chi connectivity index (χ4n) is 3.22. The van der Waals surface area contributed by atoms with E-state index in [0.29, 0.717) is 39.4 Å². The van der Waals surface area contributed by atoms with Crippen molar-refractivity contribution in [3.63, 3.8) is 0 Å². The van der Waals surface area contributed by atoms with Gasteiger partial charge in [0, 0.05) is 30.8 Å². The van der Waals surface area contributed by atoms with E-state index < -0.39 is 6.03 Å². The van der Waals surface area contributed by atoms with Crippen molar-refractivity contribution in [3.05, 3.63) is 64.5 Å². The molecule has 10 nitrogen and oxygen atoms in total. The van der Waals surface area contributed by atoms with E-state index in [9.17, 15) is 14.0 Å². The summed E-state index contributed by atoms with van der Waals surface area (Å²) < 4.78 is 22.6. The zero-order chi connectivity index (χ0) is 23.5. The van der Waals surface area contributed by atoms with E-state index >= 15 is 0 Å². The molecule has 0 saturated carbocycles. The molecule has 170 valence electrons. The summed E-state index contributed by atoms with van der Waals surface area (Å²) in [6, 6.07) is 7.15. The SMILES string of the molecule is Cc1cc(C(=O)N(C)Cc2nsc(NC(=O)NCc3cccc(F)c3)n2)c2c(C)noc2n1. The standard InChI is InChI=1S/C21H20FN7O3S/c1-11-7-15(17-12(2)27-32-18(17)24-11)19(30)29(3)10-16-25-21(33-28-16)26-20(31)23-9-13-5-4-6-14(22)8-13/h4-8H,9-10H2,1-3H3,(H2,23,25,26,28,31). The Hall–Kier alpha value is -3.93. The van der Waals surface area contributed by atoms with E-state index in [1.165, 1.54) is 17.0 Å². The molecule has 12 heteroatoms. The summed E-state index contributed by atoms with van der Waals surface area (Å²) in [7, 11) is 1.63. The van der Waals surface area contributed by atoms with Crippen molar-refractivity contribution < 1.29 is 18.5 Å². The molecule has 3 amide bonds. The first-order valence-corrected chi connectivity index (χ1v) is 10.7. The third kappa shape index (κ3) is 5.12. The number of aromatic nitrogens is 4. The summed E-state index contributed by atoms with van der Waals surface area (Å²) in [5.41, 5.74) is 2.59. The lowest BCUT2D eigenvalue weighted by Crippen LogP contribution is -2.28. The molecular formula is C21H20FN7O3S. The number of nitrogens with zero attached hydrogens (tertiary/aromatic N) is 5. The molecule has 0 fully saturated rings. The minimum atomic E-state index is -0.496. The van der Waals surface area contributed by atoms with Gasteiger partial charge in [-0.25, -0.2) is 19.2 Å². The number of amides is 3. The number of nitrogens with one attached hydrogen (secondary N) is 2. The Kier molecular flexibility index (Phi) is 6.27. The molecule has 0 unspecified atom stereocenters. The van der Waals surface area contributed by atoms with E-state index in [2.05, 4.69) is 30.1 Å². The fraction of sp³-hybridized carbons (Fsp3) is 0.238. The quantitative estimate of drug-likeness (QED) is 0.443. The number of carbonyl (C=O) groups is 2. The second-order valence-electron chi connectivity index (χ2n) is 7.37. The molecule has 0 aliphatic heterocycles. The number of halogens is 1. The molecule has 3 heterocycles. The second-order valence-corrected chi connectivity index (χ2v) is 8.13. The van der Waals surface area contributed by atoms with Crippen molar-refractivity contribution in [1.82, 2.24) is 29.7 Å². The zero-order valence-corrected chi connectivity index (χ0v) is 18.9. The Labute approximate surface area is 192 Å². The Morgan fingerprint density at radius 1 is 1.21 bits per heavy atom. The molecule has 4 aromatic rings. The predicted octanol–water partition coefficient (Wildman–Crippen LogP) is 3.42. The van der Waals surface area contributed by atoms with Gasteiger partial charge in [-0.2, -0.15) is 4.37 Å². The molecule has 0 bridgehead atoms. The van der Waals surface area contributed by atoms with Crippen molar-refractivity contribution in [3.8, 4) is 0 Å². The number of hydrogen-bond donors (Lipinski definition) is 2. The highest BCUT2D eigenvalue weighted by Gasteiger charge is 2.22. The van der Waals surface area contributed by atoms with E-state index in [0.717, 1.165) is 11.5 Å². The molecule has 0 radical (unpaired) electrons. The largest absolute Gasteiger partial charge is 0.336 e. The van der Waals surface area contributed by atoms with Crippen molar-refractivity contribution >= 4 is 39.7 Å². The van der Waals surface area contributed by atoms with Crippen LogP contribution < -0.4 is 10.6 Å². The molecule has 33 heavy (non-hydrogen) atoms. The van der Waals surface area contributed by atoms with Gasteiger partial charge in [-0.05, 0) is 37.6 Å². The second kappa shape index (κ2) is 9.28. The Bertz CT molecular complexity index is 1340. The van der Waals surface area contributed by atoms with Crippen LogP contribution in [-0.2, 0) is 13.1 Å². The van der Waals surface area contributed by atoms with E-state index in [1.54, 1.807) is 39.1 Å². The number of fused-ring (bicyclic) bond motifs is 1. The lowest BCUT2D eigenvalue weighted by molar-refractivity contribution is 0.0783. The summed E-state index contributed by atoms with van der Waals surface area (Å²) >= 11 is 0.994. The molecular weight excluding hydrogens is 449 g/mol. The smallest absolute Gasteiger partial charge is 0.321 e. The van der Waals surface area contributed by atoms with E-state index in [-0.39, 0.29) is 29.9 Å². The Balaban J connectivity index is 1.38. The van der Waals surface area contributed by atoms with Crippen molar-refractivity contribution in [2.45, 2.75) is 26.9 Å². The van der Waals surface area contributed by atoms with Gasteiger partial charge in [0.05, 0.1) is 23.2 Å². The first-order chi connectivity index (χ1) is 15.8. The molecule has 1 aromatic carbocycles. The van der Waals surface area contributed by atoms with Gasteiger partial charge in [0.25, 0.3) is 11.6 Å². The van der Waals surface area contributed by atoms with Crippen LogP contribution in [0, 0.1) is 19.7 Å². The number of benzene rings is 1. The number of rotatable bonds is 6. The van der Waals surface area contributed by atoms with Gasteiger partial charge in [-0.1, -0.05) is 17.3 Å².